The summed E-state index contributed by atoms with van der Waals surface area (Å²) in [6.45, 7) is 3.63. The van der Waals surface area contributed by atoms with E-state index in [1.807, 2.05) is 42.3 Å². The fourth-order valence-electron chi connectivity index (χ4n) is 2.74. The molecular weight excluding hydrogens is 370 g/mol. The number of rotatable bonds is 10. The molecule has 0 spiro atoms. The average Bonchev–Trinajstić information content (AvgIpc) is 2.76. The molecule has 2 aromatic rings. The quantitative estimate of drug-likeness (QED) is 0.492. The number of benzene rings is 2. The molecule has 0 aliphatic rings. The lowest BCUT2D eigenvalue weighted by molar-refractivity contribution is -0.149. The zero-order valence-electron chi connectivity index (χ0n) is 16.6. The number of hydrogen-bond donors (Lipinski definition) is 1. The highest BCUT2D eigenvalue weighted by molar-refractivity contribution is 5.90. The molecule has 2 atom stereocenters. The molecule has 0 fully saturated rings. The van der Waals surface area contributed by atoms with Crippen LogP contribution in [-0.2, 0) is 30.5 Å². The molecule has 6 heteroatoms. The minimum atomic E-state index is -0.883. The largest absolute Gasteiger partial charge is 0.465 e. The Morgan fingerprint density at radius 3 is 2.17 bits per heavy atom. The molecule has 1 N–H and O–H groups in total. The maximum atomic E-state index is 12.4. The van der Waals surface area contributed by atoms with Crippen LogP contribution in [0.4, 0.5) is 0 Å². The van der Waals surface area contributed by atoms with Crippen LogP contribution in [0, 0.1) is 0 Å². The Balaban J connectivity index is 2.04. The monoisotopic (exact) mass is 395 g/mol. The second-order valence-electron chi connectivity index (χ2n) is 6.44. The molecule has 1 unspecified atom stereocenters. The lowest BCUT2D eigenvalue weighted by atomic mass is 9.99. The van der Waals surface area contributed by atoms with E-state index in [1.165, 1.54) is 0 Å². The third kappa shape index (κ3) is 7.03. The van der Waals surface area contributed by atoms with Gasteiger partial charge in [0.15, 0.2) is 0 Å². The van der Waals surface area contributed by atoms with Crippen LogP contribution in [0.25, 0.3) is 5.57 Å². The molecule has 0 saturated carbocycles. The molecule has 2 aromatic carbocycles. The minimum absolute atomic E-state index is 0.0443. The standard InChI is InChI=1S/C23H25NO5/c1-3-28-23(27)21(14-20(15-25)19-12-8-5-9-13-19)24-17(2)22(26)29-16-18-10-6-4-7-11-18/h4-13,17,21,24H,3,14,16H2,1-2H3/t17-,21?/m0/s1. The molecule has 152 valence electrons. The van der Waals surface area contributed by atoms with E-state index in [0.29, 0.717) is 11.1 Å². The van der Waals surface area contributed by atoms with Gasteiger partial charge in [0.2, 0.25) is 0 Å². The fraction of sp³-hybridized carbons (Fsp3) is 0.304. The minimum Gasteiger partial charge on any atom is -0.465 e. The predicted molar refractivity (Wildman–Crippen MR) is 109 cm³/mol. The van der Waals surface area contributed by atoms with Crippen molar-refractivity contribution in [2.24, 2.45) is 0 Å². The Bertz CT molecular complexity index is 844. The van der Waals surface area contributed by atoms with Gasteiger partial charge in [0.25, 0.3) is 0 Å². The molecule has 0 aromatic heterocycles. The molecular formula is C23H25NO5. The van der Waals surface area contributed by atoms with Crippen molar-refractivity contribution in [2.75, 3.05) is 6.61 Å². The van der Waals surface area contributed by atoms with Gasteiger partial charge in [-0.05, 0) is 25.0 Å². The highest BCUT2D eigenvalue weighted by atomic mass is 16.5. The summed E-state index contributed by atoms with van der Waals surface area (Å²) >= 11 is 0. The highest BCUT2D eigenvalue weighted by Gasteiger charge is 2.27. The van der Waals surface area contributed by atoms with Crippen LogP contribution in [0.1, 0.15) is 31.4 Å². The zero-order chi connectivity index (χ0) is 21.1. The summed E-state index contributed by atoms with van der Waals surface area (Å²) in [4.78, 5) is 36.2. The average molecular weight is 395 g/mol. The van der Waals surface area contributed by atoms with E-state index < -0.39 is 24.0 Å². The van der Waals surface area contributed by atoms with E-state index in [4.69, 9.17) is 9.47 Å². The SMILES string of the molecule is CCOC(=O)C(CC(=C=O)c1ccccc1)N[C@@H](C)C(=O)OCc1ccccc1. The molecule has 29 heavy (non-hydrogen) atoms. The van der Waals surface area contributed by atoms with E-state index in [2.05, 4.69) is 5.32 Å². The molecule has 0 amide bonds. The molecule has 0 saturated heterocycles. The lowest BCUT2D eigenvalue weighted by Crippen LogP contribution is -2.47. The summed E-state index contributed by atoms with van der Waals surface area (Å²) in [7, 11) is 0. The fourth-order valence-corrected chi connectivity index (χ4v) is 2.74. The molecule has 2 rings (SSSR count). The first-order chi connectivity index (χ1) is 14.0. The first-order valence-corrected chi connectivity index (χ1v) is 9.47. The highest BCUT2D eigenvalue weighted by Crippen LogP contribution is 2.18. The molecule has 0 radical (unpaired) electrons. The predicted octanol–water partition coefficient (Wildman–Crippen LogP) is 2.94. The maximum Gasteiger partial charge on any atom is 0.323 e. The summed E-state index contributed by atoms with van der Waals surface area (Å²) < 4.78 is 10.4. The number of nitrogens with one attached hydrogen (secondary N) is 1. The van der Waals surface area contributed by atoms with Crippen LogP contribution in [0.2, 0.25) is 0 Å². The van der Waals surface area contributed by atoms with Gasteiger partial charge >= 0.3 is 11.9 Å². The second-order valence-corrected chi connectivity index (χ2v) is 6.44. The Morgan fingerprint density at radius 1 is 0.966 bits per heavy atom. The molecule has 0 aliphatic carbocycles. The smallest absolute Gasteiger partial charge is 0.323 e. The first kappa shape index (κ1) is 22.1. The van der Waals surface area contributed by atoms with Gasteiger partial charge in [-0.25, -0.2) is 4.79 Å². The first-order valence-electron chi connectivity index (χ1n) is 9.47. The summed E-state index contributed by atoms with van der Waals surface area (Å²) in [5, 5.41) is 2.92. The molecule has 0 bridgehead atoms. The third-order valence-corrected chi connectivity index (χ3v) is 4.25. The van der Waals surface area contributed by atoms with E-state index >= 15 is 0 Å². The van der Waals surface area contributed by atoms with E-state index in [0.717, 1.165) is 5.56 Å². The van der Waals surface area contributed by atoms with Crippen molar-refractivity contribution in [2.45, 2.75) is 39.0 Å². The van der Waals surface area contributed by atoms with Gasteiger partial charge in [0, 0.05) is 12.0 Å². The van der Waals surface area contributed by atoms with Gasteiger partial charge < -0.3 is 9.47 Å². The van der Waals surface area contributed by atoms with Crippen LogP contribution in [0.3, 0.4) is 0 Å². The second kappa shape index (κ2) is 11.6. The summed E-state index contributed by atoms with van der Waals surface area (Å²) in [6, 6.07) is 16.6. The molecule has 6 nitrogen and oxygen atoms in total. The van der Waals surface area contributed by atoms with Crippen molar-refractivity contribution in [3.05, 3.63) is 71.8 Å². The van der Waals surface area contributed by atoms with Gasteiger partial charge in [-0.2, -0.15) is 0 Å². The number of esters is 2. The van der Waals surface area contributed by atoms with E-state index in [1.54, 1.807) is 38.1 Å². The van der Waals surface area contributed by atoms with Crippen LogP contribution in [0.5, 0.6) is 0 Å². The van der Waals surface area contributed by atoms with Crippen molar-refractivity contribution in [3.8, 4) is 0 Å². The van der Waals surface area contributed by atoms with E-state index in [9.17, 15) is 14.4 Å². The molecule has 0 heterocycles. The Hall–Kier alpha value is -3.21. The Labute approximate surface area is 170 Å². The summed E-state index contributed by atoms with van der Waals surface area (Å²) in [5.74, 6) is 0.854. The zero-order valence-corrected chi connectivity index (χ0v) is 16.6. The van der Waals surface area contributed by atoms with E-state index in [-0.39, 0.29) is 19.6 Å². The maximum absolute atomic E-state index is 12.4. The van der Waals surface area contributed by atoms with Crippen molar-refractivity contribution >= 4 is 23.5 Å². The van der Waals surface area contributed by atoms with Crippen LogP contribution < -0.4 is 5.32 Å². The van der Waals surface area contributed by atoms with Crippen molar-refractivity contribution in [1.29, 1.82) is 0 Å². The van der Waals surface area contributed by atoms with Crippen LogP contribution in [0.15, 0.2) is 60.7 Å². The van der Waals surface area contributed by atoms with Gasteiger partial charge in [-0.15, -0.1) is 0 Å². The van der Waals surface area contributed by atoms with Crippen molar-refractivity contribution < 1.29 is 23.9 Å². The van der Waals surface area contributed by atoms with Gasteiger partial charge in [0.1, 0.15) is 24.6 Å². The van der Waals surface area contributed by atoms with Gasteiger partial charge in [-0.1, -0.05) is 60.7 Å². The van der Waals surface area contributed by atoms with Gasteiger partial charge in [-0.3, -0.25) is 14.9 Å². The lowest BCUT2D eigenvalue weighted by Gasteiger charge is -2.21. The van der Waals surface area contributed by atoms with Crippen LogP contribution >= 0.6 is 0 Å². The van der Waals surface area contributed by atoms with Gasteiger partial charge in [0.05, 0.1) is 6.61 Å². The Morgan fingerprint density at radius 2 is 1.59 bits per heavy atom. The summed E-state index contributed by atoms with van der Waals surface area (Å²) in [6.07, 6.45) is 0.0443. The van der Waals surface area contributed by atoms with Crippen molar-refractivity contribution in [1.82, 2.24) is 5.32 Å². The van der Waals surface area contributed by atoms with Crippen molar-refractivity contribution in [3.63, 3.8) is 0 Å². The normalized spacial score (nSPS) is 12.3. The summed E-state index contributed by atoms with van der Waals surface area (Å²) in [5.41, 5.74) is 1.85. The number of carbonyl (C=O) groups excluding carboxylic acids is 3. The number of carbonyl (C=O) groups is 2. The topological polar surface area (TPSA) is 81.7 Å². The van der Waals surface area contributed by atoms with Crippen LogP contribution in [-0.4, -0.2) is 36.6 Å². The third-order valence-electron chi connectivity index (χ3n) is 4.25. The molecule has 0 aliphatic heterocycles. The number of ether oxygens (including phenoxy) is 2. The number of hydrogen-bond acceptors (Lipinski definition) is 6. The Kier molecular flexibility index (Phi) is 8.83.